The Balaban J connectivity index is 3.47. The van der Waals surface area contributed by atoms with E-state index in [1.165, 1.54) is 6.26 Å². The van der Waals surface area contributed by atoms with E-state index in [0.717, 1.165) is 0 Å². The van der Waals surface area contributed by atoms with E-state index in [2.05, 4.69) is 4.98 Å². The van der Waals surface area contributed by atoms with E-state index in [4.69, 9.17) is 0 Å². The van der Waals surface area contributed by atoms with Crippen molar-refractivity contribution in [3.05, 3.63) is 24.0 Å². The fourth-order valence-electron chi connectivity index (χ4n) is 1.25. The van der Waals surface area contributed by atoms with Crippen LogP contribution >= 0.6 is 0 Å². The maximum atomic E-state index is 11.5. The van der Waals surface area contributed by atoms with E-state index in [9.17, 15) is 8.42 Å². The fourth-order valence-corrected chi connectivity index (χ4v) is 2.29. The van der Waals surface area contributed by atoms with Crippen molar-refractivity contribution in [1.29, 1.82) is 0 Å². The van der Waals surface area contributed by atoms with Gasteiger partial charge in [0.15, 0.2) is 9.84 Å². The summed E-state index contributed by atoms with van der Waals surface area (Å²) in [4.78, 5) is 4.46. The predicted molar refractivity (Wildman–Crippen MR) is 56.0 cm³/mol. The molecule has 4 heteroatoms. The molecule has 0 N–H and O–H groups in total. The zero-order chi connectivity index (χ0) is 11.0. The Morgan fingerprint density at radius 1 is 1.29 bits per heavy atom. The maximum Gasteiger partial charge on any atom is 0.177 e. The normalized spacial score (nSPS) is 12.9. The molecule has 0 unspecified atom stereocenters. The van der Waals surface area contributed by atoms with Gasteiger partial charge in [-0.1, -0.05) is 20.8 Å². The van der Waals surface area contributed by atoms with Crippen LogP contribution in [0.25, 0.3) is 0 Å². The summed E-state index contributed by atoms with van der Waals surface area (Å²) in [6.45, 7) is 5.85. The highest BCUT2D eigenvalue weighted by atomic mass is 32.2. The van der Waals surface area contributed by atoms with Crippen LogP contribution in [0.4, 0.5) is 0 Å². The van der Waals surface area contributed by atoms with Gasteiger partial charge in [-0.25, -0.2) is 8.42 Å². The number of nitrogens with zero attached hydrogens (tertiary/aromatic N) is 1. The van der Waals surface area contributed by atoms with Crippen molar-refractivity contribution in [3.8, 4) is 0 Å². The number of hydrogen-bond acceptors (Lipinski definition) is 3. The molecule has 1 rings (SSSR count). The van der Waals surface area contributed by atoms with Gasteiger partial charge < -0.3 is 0 Å². The molecule has 0 aliphatic heterocycles. The summed E-state index contributed by atoms with van der Waals surface area (Å²) in [5.74, 6) is 0. The second-order valence-electron chi connectivity index (χ2n) is 4.37. The molecule has 0 saturated carbocycles. The SMILES string of the molecule is CC(C)(C)c1ncccc1S(C)(=O)=O. The fraction of sp³-hybridized carbons (Fsp3) is 0.500. The van der Waals surface area contributed by atoms with Crippen LogP contribution in [0.1, 0.15) is 26.5 Å². The van der Waals surface area contributed by atoms with Gasteiger partial charge in [0.2, 0.25) is 0 Å². The first-order valence-electron chi connectivity index (χ1n) is 4.38. The summed E-state index contributed by atoms with van der Waals surface area (Å²) in [6, 6.07) is 3.24. The molecule has 0 bridgehead atoms. The van der Waals surface area contributed by atoms with Crippen molar-refractivity contribution >= 4 is 9.84 Å². The van der Waals surface area contributed by atoms with Crippen molar-refractivity contribution < 1.29 is 8.42 Å². The van der Waals surface area contributed by atoms with Gasteiger partial charge >= 0.3 is 0 Å². The molecule has 0 aromatic carbocycles. The average molecular weight is 213 g/mol. The topological polar surface area (TPSA) is 47.0 Å². The molecular formula is C10H15NO2S. The van der Waals surface area contributed by atoms with Gasteiger partial charge in [-0.3, -0.25) is 4.98 Å². The zero-order valence-corrected chi connectivity index (χ0v) is 9.72. The third-order valence-electron chi connectivity index (χ3n) is 1.88. The number of sulfone groups is 1. The molecule has 14 heavy (non-hydrogen) atoms. The highest BCUT2D eigenvalue weighted by molar-refractivity contribution is 7.90. The standard InChI is InChI=1S/C10H15NO2S/c1-10(2,3)9-8(14(4,12)13)6-5-7-11-9/h5-7H,1-4H3. The Kier molecular flexibility index (Phi) is 2.67. The van der Waals surface area contributed by atoms with Gasteiger partial charge in [0.1, 0.15) is 0 Å². The number of hydrogen-bond donors (Lipinski definition) is 0. The smallest absolute Gasteiger partial charge is 0.177 e. The van der Waals surface area contributed by atoms with Gasteiger partial charge in [0.05, 0.1) is 10.6 Å². The monoisotopic (exact) mass is 213 g/mol. The molecule has 1 heterocycles. The van der Waals surface area contributed by atoms with Crippen molar-refractivity contribution in [2.24, 2.45) is 0 Å². The van der Waals surface area contributed by atoms with Gasteiger partial charge in [0, 0.05) is 17.9 Å². The van der Waals surface area contributed by atoms with Crippen LogP contribution in [0.3, 0.4) is 0 Å². The minimum Gasteiger partial charge on any atom is -0.259 e. The molecule has 78 valence electrons. The zero-order valence-electron chi connectivity index (χ0n) is 8.90. The number of rotatable bonds is 1. The molecular weight excluding hydrogens is 198 g/mol. The van der Waals surface area contributed by atoms with Gasteiger partial charge in [-0.05, 0) is 12.1 Å². The second-order valence-corrected chi connectivity index (χ2v) is 6.36. The van der Waals surface area contributed by atoms with Crippen molar-refractivity contribution in [2.45, 2.75) is 31.1 Å². The average Bonchev–Trinajstić information content (AvgIpc) is 2.01. The lowest BCUT2D eigenvalue weighted by Crippen LogP contribution is -2.18. The number of aromatic nitrogens is 1. The molecule has 0 aliphatic rings. The minimum absolute atomic E-state index is 0.250. The second kappa shape index (κ2) is 3.35. The summed E-state index contributed by atoms with van der Waals surface area (Å²) in [5.41, 5.74) is 0.377. The lowest BCUT2D eigenvalue weighted by Gasteiger charge is -2.20. The molecule has 0 aliphatic carbocycles. The quantitative estimate of drug-likeness (QED) is 0.714. The highest BCUT2D eigenvalue weighted by Gasteiger charge is 2.23. The first-order valence-corrected chi connectivity index (χ1v) is 6.27. The molecule has 3 nitrogen and oxygen atoms in total. The van der Waals surface area contributed by atoms with Crippen molar-refractivity contribution in [3.63, 3.8) is 0 Å². The summed E-state index contributed by atoms with van der Waals surface area (Å²) in [5, 5.41) is 0. The van der Waals surface area contributed by atoms with Crippen LogP contribution in [0.15, 0.2) is 23.2 Å². The van der Waals surface area contributed by atoms with Crippen molar-refractivity contribution in [2.75, 3.05) is 6.26 Å². The predicted octanol–water partition coefficient (Wildman–Crippen LogP) is 1.78. The summed E-state index contributed by atoms with van der Waals surface area (Å²) < 4.78 is 22.9. The molecule has 0 fully saturated rings. The van der Waals surface area contributed by atoms with Crippen molar-refractivity contribution in [1.82, 2.24) is 4.98 Å². The Morgan fingerprint density at radius 3 is 2.21 bits per heavy atom. The van der Waals surface area contributed by atoms with Gasteiger partial charge in [0.25, 0.3) is 0 Å². The highest BCUT2D eigenvalue weighted by Crippen LogP contribution is 2.26. The Morgan fingerprint density at radius 2 is 1.86 bits per heavy atom. The molecule has 0 amide bonds. The van der Waals surface area contributed by atoms with E-state index in [-0.39, 0.29) is 5.41 Å². The van der Waals surface area contributed by atoms with Gasteiger partial charge in [-0.15, -0.1) is 0 Å². The molecule has 0 atom stereocenters. The molecule has 1 aromatic rings. The number of pyridine rings is 1. The summed E-state index contributed by atoms with van der Waals surface area (Å²) in [7, 11) is -3.18. The van der Waals surface area contributed by atoms with Crippen LogP contribution < -0.4 is 0 Å². The van der Waals surface area contributed by atoms with E-state index in [0.29, 0.717) is 10.6 Å². The maximum absolute atomic E-state index is 11.5. The largest absolute Gasteiger partial charge is 0.259 e. The lowest BCUT2D eigenvalue weighted by molar-refractivity contribution is 0.544. The van der Waals surface area contributed by atoms with Crippen LogP contribution in [0, 0.1) is 0 Å². The minimum atomic E-state index is -3.18. The van der Waals surface area contributed by atoms with Crippen LogP contribution in [0.5, 0.6) is 0 Å². The Hall–Kier alpha value is -0.900. The summed E-state index contributed by atoms with van der Waals surface area (Å²) in [6.07, 6.45) is 2.83. The third kappa shape index (κ3) is 2.32. The van der Waals surface area contributed by atoms with Crippen LogP contribution in [-0.2, 0) is 15.3 Å². The lowest BCUT2D eigenvalue weighted by atomic mass is 9.92. The first kappa shape index (κ1) is 11.2. The van der Waals surface area contributed by atoms with Gasteiger partial charge in [-0.2, -0.15) is 0 Å². The third-order valence-corrected chi connectivity index (χ3v) is 3.01. The first-order chi connectivity index (χ1) is 6.23. The van der Waals surface area contributed by atoms with E-state index < -0.39 is 9.84 Å². The Labute approximate surface area is 85.1 Å². The van der Waals surface area contributed by atoms with Crippen LogP contribution in [0.2, 0.25) is 0 Å². The molecule has 1 aromatic heterocycles. The van der Waals surface area contributed by atoms with Crippen LogP contribution in [-0.4, -0.2) is 19.7 Å². The molecule has 0 saturated heterocycles. The molecule has 0 radical (unpaired) electrons. The summed E-state index contributed by atoms with van der Waals surface area (Å²) >= 11 is 0. The Bertz CT molecular complexity index is 430. The molecule has 0 spiro atoms. The van der Waals surface area contributed by atoms with E-state index in [1.54, 1.807) is 18.3 Å². The van der Waals surface area contributed by atoms with E-state index in [1.807, 2.05) is 20.8 Å². The van der Waals surface area contributed by atoms with E-state index >= 15 is 0 Å².